The number of allylic oxidation sites excluding steroid dienone is 1. The zero-order chi connectivity index (χ0) is 19.8. The molecule has 1 amide bonds. The highest BCUT2D eigenvalue weighted by atomic mass is 16.5. The van der Waals surface area contributed by atoms with E-state index in [0.29, 0.717) is 29.2 Å². The second kappa shape index (κ2) is 9.11. The van der Waals surface area contributed by atoms with E-state index in [-0.39, 0.29) is 11.3 Å². The molecule has 0 aromatic heterocycles. The molecule has 0 heterocycles. The molecule has 2 aromatic rings. The van der Waals surface area contributed by atoms with Gasteiger partial charge >= 0.3 is 0 Å². The van der Waals surface area contributed by atoms with Crippen molar-refractivity contribution in [3.8, 4) is 23.3 Å². The lowest BCUT2D eigenvalue weighted by Gasteiger charge is -2.13. The Morgan fingerprint density at radius 2 is 1.96 bits per heavy atom. The molecule has 0 atom stereocenters. The monoisotopic (exact) mass is 364 g/mol. The van der Waals surface area contributed by atoms with Gasteiger partial charge in [0.05, 0.1) is 14.2 Å². The fourth-order valence-electron chi connectivity index (χ4n) is 2.52. The van der Waals surface area contributed by atoms with E-state index >= 15 is 0 Å². The van der Waals surface area contributed by atoms with Gasteiger partial charge in [-0.15, -0.1) is 6.58 Å². The molecule has 0 saturated heterocycles. The summed E-state index contributed by atoms with van der Waals surface area (Å²) in [4.78, 5) is 12.4. The number of aromatic hydroxyl groups is 1. The third kappa shape index (κ3) is 4.89. The molecule has 0 radical (unpaired) electrons. The van der Waals surface area contributed by atoms with Crippen LogP contribution in [-0.2, 0) is 11.2 Å². The number of nitrogens with zero attached hydrogens (tertiary/aromatic N) is 1. The van der Waals surface area contributed by atoms with Crippen LogP contribution in [0.5, 0.6) is 17.2 Å². The van der Waals surface area contributed by atoms with Crippen LogP contribution in [-0.4, -0.2) is 25.2 Å². The molecule has 6 nitrogen and oxygen atoms in total. The third-order valence-corrected chi connectivity index (χ3v) is 3.74. The minimum Gasteiger partial charge on any atom is -0.508 e. The first-order valence-corrected chi connectivity index (χ1v) is 8.10. The highest BCUT2D eigenvalue weighted by Crippen LogP contribution is 2.34. The highest BCUT2D eigenvalue weighted by Gasteiger charge is 2.14. The number of benzene rings is 2. The summed E-state index contributed by atoms with van der Waals surface area (Å²) >= 11 is 0. The van der Waals surface area contributed by atoms with E-state index in [1.165, 1.54) is 25.3 Å². The van der Waals surface area contributed by atoms with Crippen LogP contribution in [0.25, 0.3) is 6.08 Å². The first kappa shape index (κ1) is 19.6. The number of nitrogens with one attached hydrogen (secondary N) is 1. The van der Waals surface area contributed by atoms with Gasteiger partial charge in [-0.05, 0) is 54.5 Å². The second-order valence-electron chi connectivity index (χ2n) is 5.58. The van der Waals surface area contributed by atoms with Crippen molar-refractivity contribution in [1.29, 1.82) is 5.26 Å². The molecule has 6 heteroatoms. The van der Waals surface area contributed by atoms with E-state index in [1.807, 2.05) is 12.1 Å². The van der Waals surface area contributed by atoms with Gasteiger partial charge in [0, 0.05) is 11.3 Å². The minimum atomic E-state index is -0.553. The van der Waals surface area contributed by atoms with E-state index in [0.717, 1.165) is 5.56 Å². The van der Waals surface area contributed by atoms with Gasteiger partial charge in [0.15, 0.2) is 11.5 Å². The van der Waals surface area contributed by atoms with Gasteiger partial charge in [-0.1, -0.05) is 6.08 Å². The molecule has 2 rings (SSSR count). The average Bonchev–Trinajstić information content (AvgIpc) is 2.67. The maximum absolute atomic E-state index is 12.4. The van der Waals surface area contributed by atoms with Crippen LogP contribution in [0.3, 0.4) is 0 Å². The molecule has 0 spiro atoms. The molecule has 2 N–H and O–H groups in total. The summed E-state index contributed by atoms with van der Waals surface area (Å²) in [7, 11) is 3.07. The second-order valence-corrected chi connectivity index (χ2v) is 5.58. The van der Waals surface area contributed by atoms with Gasteiger partial charge < -0.3 is 19.9 Å². The number of phenolic OH excluding ortho intramolecular Hbond substituents is 1. The number of carbonyl (C=O) groups excluding carboxylic acids is 1. The number of carbonyl (C=O) groups is 1. The molecule has 0 saturated carbocycles. The van der Waals surface area contributed by atoms with Gasteiger partial charge in [0.2, 0.25) is 0 Å². The lowest BCUT2D eigenvalue weighted by atomic mass is 10.0. The normalized spacial score (nSPS) is 10.6. The summed E-state index contributed by atoms with van der Waals surface area (Å²) < 4.78 is 10.7. The molecule has 0 unspecified atom stereocenters. The van der Waals surface area contributed by atoms with Gasteiger partial charge in [0.1, 0.15) is 17.4 Å². The number of methoxy groups -OCH3 is 2. The van der Waals surface area contributed by atoms with Crippen LogP contribution in [0.2, 0.25) is 0 Å². The van der Waals surface area contributed by atoms with E-state index in [9.17, 15) is 15.2 Å². The Kier molecular flexibility index (Phi) is 6.61. The first-order chi connectivity index (χ1) is 13.0. The Morgan fingerprint density at radius 3 is 2.52 bits per heavy atom. The third-order valence-electron chi connectivity index (χ3n) is 3.74. The lowest BCUT2D eigenvalue weighted by molar-refractivity contribution is -0.112. The van der Waals surface area contributed by atoms with Crippen molar-refractivity contribution in [2.75, 3.05) is 19.5 Å². The Morgan fingerprint density at radius 1 is 1.26 bits per heavy atom. The first-order valence-electron chi connectivity index (χ1n) is 8.10. The van der Waals surface area contributed by atoms with E-state index in [4.69, 9.17) is 9.47 Å². The molecule has 0 fully saturated rings. The smallest absolute Gasteiger partial charge is 0.266 e. The number of amides is 1. The van der Waals surface area contributed by atoms with Crippen LogP contribution < -0.4 is 14.8 Å². The largest absolute Gasteiger partial charge is 0.508 e. The number of anilines is 1. The Bertz CT molecular complexity index is 909. The van der Waals surface area contributed by atoms with Crippen LogP contribution in [0, 0.1) is 11.3 Å². The van der Waals surface area contributed by atoms with Crippen molar-refractivity contribution in [1.82, 2.24) is 0 Å². The average molecular weight is 364 g/mol. The molecule has 0 aliphatic rings. The van der Waals surface area contributed by atoms with E-state index in [1.54, 1.807) is 31.4 Å². The molecule has 2 aromatic carbocycles. The summed E-state index contributed by atoms with van der Waals surface area (Å²) in [5, 5.41) is 21.3. The van der Waals surface area contributed by atoms with Crippen molar-refractivity contribution in [2.45, 2.75) is 6.42 Å². The highest BCUT2D eigenvalue weighted by molar-refractivity contribution is 6.09. The zero-order valence-electron chi connectivity index (χ0n) is 15.2. The van der Waals surface area contributed by atoms with Crippen molar-refractivity contribution < 1.29 is 19.4 Å². The van der Waals surface area contributed by atoms with Crippen LogP contribution in [0.1, 0.15) is 11.1 Å². The number of nitriles is 1. The van der Waals surface area contributed by atoms with Gasteiger partial charge in [0.25, 0.3) is 5.91 Å². The fraction of sp³-hybridized carbons (Fsp3) is 0.143. The topological polar surface area (TPSA) is 91.6 Å². The maximum Gasteiger partial charge on any atom is 0.266 e. The summed E-state index contributed by atoms with van der Waals surface area (Å²) in [5.41, 5.74) is 1.86. The molecule has 27 heavy (non-hydrogen) atoms. The summed E-state index contributed by atoms with van der Waals surface area (Å²) in [5.74, 6) is 0.619. The molecular formula is C21H20N2O4. The lowest BCUT2D eigenvalue weighted by Crippen LogP contribution is -2.13. The van der Waals surface area contributed by atoms with Gasteiger partial charge in [-0.25, -0.2) is 0 Å². The van der Waals surface area contributed by atoms with Crippen molar-refractivity contribution in [3.63, 3.8) is 0 Å². The molecule has 0 aliphatic heterocycles. The standard InChI is InChI=1S/C21H20N2O4/c1-4-5-15-10-14(12-19(26-2)20(15)27-3)11-16(13-22)21(25)23-17-6-8-18(24)9-7-17/h4,6-12,24H,1,5H2,2-3H3,(H,23,25)/b16-11+. The van der Waals surface area contributed by atoms with Gasteiger partial charge in [-0.2, -0.15) is 5.26 Å². The van der Waals surface area contributed by atoms with Gasteiger partial charge in [-0.3, -0.25) is 4.79 Å². The molecule has 0 bridgehead atoms. The quantitative estimate of drug-likeness (QED) is 0.338. The van der Waals surface area contributed by atoms with Crippen molar-refractivity contribution in [3.05, 3.63) is 65.8 Å². The predicted molar refractivity (Wildman–Crippen MR) is 104 cm³/mol. The summed E-state index contributed by atoms with van der Waals surface area (Å²) in [6.45, 7) is 3.73. The molecule has 0 aliphatic carbocycles. The van der Waals surface area contributed by atoms with Crippen LogP contribution >= 0.6 is 0 Å². The Labute approximate surface area is 158 Å². The Balaban J connectivity index is 2.37. The number of hydrogen-bond acceptors (Lipinski definition) is 5. The minimum absolute atomic E-state index is 0.0696. The van der Waals surface area contributed by atoms with E-state index in [2.05, 4.69) is 11.9 Å². The number of phenols is 1. The SMILES string of the molecule is C=CCc1cc(/C=C(\C#N)C(=O)Nc2ccc(O)cc2)cc(OC)c1OC. The maximum atomic E-state index is 12.4. The van der Waals surface area contributed by atoms with Crippen molar-refractivity contribution in [2.24, 2.45) is 0 Å². The summed E-state index contributed by atoms with van der Waals surface area (Å²) in [6.07, 6.45) is 3.75. The molecular weight excluding hydrogens is 344 g/mol. The zero-order valence-corrected chi connectivity index (χ0v) is 15.2. The van der Waals surface area contributed by atoms with Crippen molar-refractivity contribution >= 4 is 17.7 Å². The fourth-order valence-corrected chi connectivity index (χ4v) is 2.52. The predicted octanol–water partition coefficient (Wildman–Crippen LogP) is 3.68. The Hall–Kier alpha value is -3.72. The van der Waals surface area contributed by atoms with E-state index < -0.39 is 5.91 Å². The van der Waals surface area contributed by atoms with Crippen LogP contribution in [0.15, 0.2) is 54.6 Å². The number of ether oxygens (including phenoxy) is 2. The van der Waals surface area contributed by atoms with Crippen LogP contribution in [0.4, 0.5) is 5.69 Å². The number of hydrogen-bond donors (Lipinski definition) is 2. The number of rotatable bonds is 7. The molecule has 138 valence electrons. The summed E-state index contributed by atoms with van der Waals surface area (Å²) in [6, 6.07) is 11.4.